The van der Waals surface area contributed by atoms with Crippen LogP contribution < -0.4 is 14.7 Å². The van der Waals surface area contributed by atoms with Crippen molar-refractivity contribution in [2.24, 2.45) is 0 Å². The molecule has 0 saturated carbocycles. The number of hydrogen-bond donors (Lipinski definition) is 0. The van der Waals surface area contributed by atoms with Crippen molar-refractivity contribution in [2.45, 2.75) is 44.6 Å². The van der Waals surface area contributed by atoms with Gasteiger partial charge in [-0.3, -0.25) is 0 Å². The molecule has 5 rings (SSSR count). The van der Waals surface area contributed by atoms with Gasteiger partial charge in [0.2, 0.25) is 0 Å². The standard InChI is InChI=1S/C23H29FN4/c24-18-6-4-7-19(16-18)27-14-5-8-20(17-27)28-15-10-21-22(9-11-25-23(21)28)26-12-2-1-3-13-26/h4,6-7,9,11,16,20H,1-3,5,8,10,12-15,17H2. The minimum atomic E-state index is -0.154. The van der Waals surface area contributed by atoms with Gasteiger partial charge >= 0.3 is 0 Å². The summed E-state index contributed by atoms with van der Waals surface area (Å²) in [6.07, 6.45) is 9.35. The highest BCUT2D eigenvalue weighted by Crippen LogP contribution is 2.37. The molecule has 2 saturated heterocycles. The van der Waals surface area contributed by atoms with Crippen LogP contribution in [0.3, 0.4) is 0 Å². The van der Waals surface area contributed by atoms with Gasteiger partial charge in [-0.25, -0.2) is 9.37 Å². The van der Waals surface area contributed by atoms with Crippen LogP contribution in [0.2, 0.25) is 0 Å². The molecule has 0 amide bonds. The average Bonchev–Trinajstić information content (AvgIpc) is 3.19. The molecule has 3 aliphatic rings. The summed E-state index contributed by atoms with van der Waals surface area (Å²) in [5.41, 5.74) is 3.84. The highest BCUT2D eigenvalue weighted by atomic mass is 19.1. The Balaban J connectivity index is 1.37. The Morgan fingerprint density at radius 2 is 1.79 bits per heavy atom. The van der Waals surface area contributed by atoms with E-state index >= 15 is 0 Å². The van der Waals surface area contributed by atoms with Crippen molar-refractivity contribution >= 4 is 17.2 Å². The Bertz CT molecular complexity index is 833. The Hall–Kier alpha value is -2.30. The first-order valence-electron chi connectivity index (χ1n) is 10.8. The first kappa shape index (κ1) is 17.8. The van der Waals surface area contributed by atoms with Crippen LogP contribution in [-0.2, 0) is 6.42 Å². The third kappa shape index (κ3) is 3.31. The number of anilines is 3. The lowest BCUT2D eigenvalue weighted by Crippen LogP contribution is -2.48. The van der Waals surface area contributed by atoms with Gasteiger partial charge in [0.15, 0.2) is 0 Å². The molecule has 0 aliphatic carbocycles. The Morgan fingerprint density at radius 1 is 0.929 bits per heavy atom. The van der Waals surface area contributed by atoms with Gasteiger partial charge in [0.1, 0.15) is 11.6 Å². The second-order valence-electron chi connectivity index (χ2n) is 8.35. The van der Waals surface area contributed by atoms with Crippen LogP contribution in [0.4, 0.5) is 21.6 Å². The van der Waals surface area contributed by atoms with E-state index in [9.17, 15) is 4.39 Å². The number of benzene rings is 1. The van der Waals surface area contributed by atoms with Gasteiger partial charge in [-0.15, -0.1) is 0 Å². The number of piperidine rings is 2. The summed E-state index contributed by atoms with van der Waals surface area (Å²) in [6.45, 7) is 5.34. The molecular formula is C23H29FN4. The summed E-state index contributed by atoms with van der Waals surface area (Å²) in [5, 5.41) is 0. The summed E-state index contributed by atoms with van der Waals surface area (Å²) in [7, 11) is 0. The second kappa shape index (κ2) is 7.61. The smallest absolute Gasteiger partial charge is 0.134 e. The average molecular weight is 381 g/mol. The van der Waals surface area contributed by atoms with E-state index in [1.165, 1.54) is 61.9 Å². The molecule has 5 heteroatoms. The van der Waals surface area contributed by atoms with Crippen molar-refractivity contribution in [2.75, 3.05) is 47.4 Å². The summed E-state index contributed by atoms with van der Waals surface area (Å²) >= 11 is 0. The number of halogens is 1. The molecule has 1 atom stereocenters. The molecule has 4 heterocycles. The van der Waals surface area contributed by atoms with E-state index in [-0.39, 0.29) is 5.82 Å². The first-order chi connectivity index (χ1) is 13.8. The number of aromatic nitrogens is 1. The molecule has 0 radical (unpaired) electrons. The molecule has 1 aromatic carbocycles. The molecular weight excluding hydrogens is 351 g/mol. The maximum atomic E-state index is 13.7. The molecule has 2 fully saturated rings. The zero-order chi connectivity index (χ0) is 18.9. The van der Waals surface area contributed by atoms with Gasteiger partial charge in [0.25, 0.3) is 0 Å². The maximum Gasteiger partial charge on any atom is 0.134 e. The fraction of sp³-hybridized carbons (Fsp3) is 0.522. The summed E-state index contributed by atoms with van der Waals surface area (Å²) < 4.78 is 13.7. The lowest BCUT2D eigenvalue weighted by atomic mass is 10.0. The van der Waals surface area contributed by atoms with Crippen molar-refractivity contribution in [3.63, 3.8) is 0 Å². The molecule has 0 bridgehead atoms. The lowest BCUT2D eigenvalue weighted by molar-refractivity contribution is 0.475. The van der Waals surface area contributed by atoms with Crippen molar-refractivity contribution in [1.29, 1.82) is 0 Å². The van der Waals surface area contributed by atoms with Crippen molar-refractivity contribution in [3.05, 3.63) is 47.9 Å². The highest BCUT2D eigenvalue weighted by Gasteiger charge is 2.33. The van der Waals surface area contributed by atoms with E-state index in [1.54, 1.807) is 6.07 Å². The number of fused-ring (bicyclic) bond motifs is 1. The van der Waals surface area contributed by atoms with Crippen LogP contribution >= 0.6 is 0 Å². The van der Waals surface area contributed by atoms with E-state index in [2.05, 4.69) is 20.8 Å². The summed E-state index contributed by atoms with van der Waals surface area (Å²) in [6, 6.07) is 9.68. The molecule has 1 aromatic heterocycles. The van der Waals surface area contributed by atoms with E-state index in [1.807, 2.05) is 18.3 Å². The van der Waals surface area contributed by atoms with E-state index in [0.29, 0.717) is 6.04 Å². The SMILES string of the molecule is Fc1cccc(N2CCCC(N3CCc4c(N5CCCCC5)ccnc43)C2)c1. The summed E-state index contributed by atoms with van der Waals surface area (Å²) in [4.78, 5) is 12.2. The van der Waals surface area contributed by atoms with Gasteiger partial charge in [0.05, 0.1) is 0 Å². The quantitative estimate of drug-likeness (QED) is 0.794. The maximum absolute atomic E-state index is 13.7. The highest BCUT2D eigenvalue weighted by molar-refractivity contribution is 5.67. The fourth-order valence-electron chi connectivity index (χ4n) is 5.20. The number of rotatable bonds is 3. The normalized spacial score (nSPS) is 22.5. The van der Waals surface area contributed by atoms with Crippen molar-refractivity contribution in [1.82, 2.24) is 4.98 Å². The monoisotopic (exact) mass is 380 g/mol. The molecule has 3 aliphatic heterocycles. The molecule has 148 valence electrons. The lowest BCUT2D eigenvalue weighted by Gasteiger charge is -2.39. The fourth-order valence-corrected chi connectivity index (χ4v) is 5.20. The third-order valence-corrected chi connectivity index (χ3v) is 6.59. The van der Waals surface area contributed by atoms with Crippen LogP contribution in [0, 0.1) is 5.82 Å². The number of pyridine rings is 1. The topological polar surface area (TPSA) is 22.6 Å². The number of nitrogens with zero attached hydrogens (tertiary/aromatic N) is 4. The third-order valence-electron chi connectivity index (χ3n) is 6.59. The molecule has 28 heavy (non-hydrogen) atoms. The van der Waals surface area contributed by atoms with Gasteiger partial charge in [0, 0.05) is 61.9 Å². The van der Waals surface area contributed by atoms with Crippen molar-refractivity contribution in [3.8, 4) is 0 Å². The minimum Gasteiger partial charge on any atom is -0.371 e. The van der Waals surface area contributed by atoms with Crippen molar-refractivity contribution < 1.29 is 4.39 Å². The molecule has 1 unspecified atom stereocenters. The molecule has 0 N–H and O–H groups in total. The van der Waals surface area contributed by atoms with E-state index in [4.69, 9.17) is 4.98 Å². The van der Waals surface area contributed by atoms with E-state index in [0.717, 1.165) is 38.2 Å². The summed E-state index contributed by atoms with van der Waals surface area (Å²) in [5.74, 6) is 1.04. The second-order valence-corrected chi connectivity index (χ2v) is 8.35. The molecule has 2 aromatic rings. The minimum absolute atomic E-state index is 0.154. The van der Waals surface area contributed by atoms with Crippen LogP contribution in [0.1, 0.15) is 37.7 Å². The Labute approximate surface area is 167 Å². The van der Waals surface area contributed by atoms with Crippen LogP contribution in [0.15, 0.2) is 36.5 Å². The van der Waals surface area contributed by atoms with Gasteiger partial charge in [-0.2, -0.15) is 0 Å². The largest absolute Gasteiger partial charge is 0.371 e. The van der Waals surface area contributed by atoms with Gasteiger partial charge in [-0.05, 0) is 62.8 Å². The predicted molar refractivity (Wildman–Crippen MR) is 113 cm³/mol. The molecule has 0 spiro atoms. The first-order valence-corrected chi connectivity index (χ1v) is 10.8. The van der Waals surface area contributed by atoms with Crippen LogP contribution in [-0.4, -0.2) is 43.7 Å². The van der Waals surface area contributed by atoms with Crippen LogP contribution in [0.25, 0.3) is 0 Å². The Morgan fingerprint density at radius 3 is 2.64 bits per heavy atom. The van der Waals surface area contributed by atoms with Gasteiger partial charge in [-0.1, -0.05) is 6.07 Å². The Kier molecular flexibility index (Phi) is 4.83. The number of hydrogen-bond acceptors (Lipinski definition) is 4. The predicted octanol–water partition coefficient (Wildman–Crippen LogP) is 4.24. The zero-order valence-corrected chi connectivity index (χ0v) is 16.5. The molecule has 4 nitrogen and oxygen atoms in total. The van der Waals surface area contributed by atoms with Gasteiger partial charge < -0.3 is 14.7 Å². The van der Waals surface area contributed by atoms with Crippen LogP contribution in [0.5, 0.6) is 0 Å². The zero-order valence-electron chi connectivity index (χ0n) is 16.5. The van der Waals surface area contributed by atoms with E-state index < -0.39 is 0 Å².